The topological polar surface area (TPSA) is 29.3 Å². The van der Waals surface area contributed by atoms with E-state index in [2.05, 4.69) is 44.7 Å². The third-order valence-electron chi connectivity index (χ3n) is 3.81. The van der Waals surface area contributed by atoms with Gasteiger partial charge in [-0.25, -0.2) is 0 Å². The smallest absolute Gasteiger partial charge is 0.0420 e. The summed E-state index contributed by atoms with van der Waals surface area (Å²) in [6.45, 7) is 11.3. The van der Waals surface area contributed by atoms with E-state index in [1.54, 1.807) is 0 Å². The summed E-state index contributed by atoms with van der Waals surface area (Å²) < 4.78 is 0. The molecule has 0 bridgehead atoms. The zero-order valence-electron chi connectivity index (χ0n) is 12.2. The highest BCUT2D eigenvalue weighted by molar-refractivity contribution is 5.67. The standard InChI is InChI=1S/C16H26N2/c1-12-10-13-6-9-18(15(13)11-14(12)17)8-5-7-16(2,3)4/h10-11H,5-9,17H2,1-4H3. The van der Waals surface area contributed by atoms with E-state index in [4.69, 9.17) is 5.73 Å². The van der Waals surface area contributed by atoms with Crippen LogP contribution < -0.4 is 10.6 Å². The van der Waals surface area contributed by atoms with Gasteiger partial charge >= 0.3 is 0 Å². The van der Waals surface area contributed by atoms with Crippen molar-refractivity contribution in [1.29, 1.82) is 0 Å². The molecule has 0 unspecified atom stereocenters. The van der Waals surface area contributed by atoms with Crippen LogP contribution in [0.4, 0.5) is 11.4 Å². The van der Waals surface area contributed by atoms with Crippen LogP contribution in [0.2, 0.25) is 0 Å². The minimum Gasteiger partial charge on any atom is -0.398 e. The number of anilines is 2. The van der Waals surface area contributed by atoms with E-state index in [0.29, 0.717) is 5.41 Å². The van der Waals surface area contributed by atoms with Crippen LogP contribution >= 0.6 is 0 Å². The number of hydrogen-bond donors (Lipinski definition) is 1. The van der Waals surface area contributed by atoms with Crippen molar-refractivity contribution in [1.82, 2.24) is 0 Å². The van der Waals surface area contributed by atoms with Crippen LogP contribution in [-0.2, 0) is 6.42 Å². The summed E-state index contributed by atoms with van der Waals surface area (Å²) in [6.07, 6.45) is 3.71. The molecule has 1 aromatic carbocycles. The van der Waals surface area contributed by atoms with Crippen LogP contribution in [-0.4, -0.2) is 13.1 Å². The lowest BCUT2D eigenvalue weighted by Gasteiger charge is -2.23. The Morgan fingerprint density at radius 3 is 2.67 bits per heavy atom. The lowest BCUT2D eigenvalue weighted by molar-refractivity contribution is 0.366. The summed E-state index contributed by atoms with van der Waals surface area (Å²) in [5, 5.41) is 0. The number of fused-ring (bicyclic) bond motifs is 1. The molecule has 0 aliphatic carbocycles. The summed E-state index contributed by atoms with van der Waals surface area (Å²) >= 11 is 0. The monoisotopic (exact) mass is 246 g/mol. The highest BCUT2D eigenvalue weighted by atomic mass is 15.1. The zero-order valence-corrected chi connectivity index (χ0v) is 12.2. The average molecular weight is 246 g/mol. The number of aryl methyl sites for hydroxylation is 1. The summed E-state index contributed by atoms with van der Waals surface area (Å²) in [5.74, 6) is 0. The van der Waals surface area contributed by atoms with Gasteiger partial charge in [0.15, 0.2) is 0 Å². The first-order valence-corrected chi connectivity index (χ1v) is 7.01. The van der Waals surface area contributed by atoms with Crippen molar-refractivity contribution in [2.24, 2.45) is 5.41 Å². The second kappa shape index (κ2) is 4.83. The third-order valence-corrected chi connectivity index (χ3v) is 3.81. The molecular weight excluding hydrogens is 220 g/mol. The summed E-state index contributed by atoms with van der Waals surface area (Å²) in [5.41, 5.74) is 11.4. The molecule has 18 heavy (non-hydrogen) atoms. The Morgan fingerprint density at radius 1 is 1.28 bits per heavy atom. The predicted molar refractivity (Wildman–Crippen MR) is 80.2 cm³/mol. The minimum absolute atomic E-state index is 0.439. The normalized spacial score (nSPS) is 15.0. The van der Waals surface area contributed by atoms with Crippen molar-refractivity contribution in [2.45, 2.75) is 47.0 Å². The molecule has 0 amide bonds. The van der Waals surface area contributed by atoms with Crippen molar-refractivity contribution in [3.63, 3.8) is 0 Å². The van der Waals surface area contributed by atoms with Crippen molar-refractivity contribution in [2.75, 3.05) is 23.7 Å². The van der Waals surface area contributed by atoms with Crippen molar-refractivity contribution >= 4 is 11.4 Å². The molecule has 0 atom stereocenters. The van der Waals surface area contributed by atoms with Crippen LogP contribution in [0.25, 0.3) is 0 Å². The molecule has 0 aromatic heterocycles. The molecule has 2 heteroatoms. The first-order chi connectivity index (χ1) is 8.37. The molecule has 0 saturated carbocycles. The molecule has 2 nitrogen and oxygen atoms in total. The quantitative estimate of drug-likeness (QED) is 0.823. The van der Waals surface area contributed by atoms with Crippen molar-refractivity contribution < 1.29 is 0 Å². The van der Waals surface area contributed by atoms with Crippen LogP contribution in [0.5, 0.6) is 0 Å². The Balaban J connectivity index is 2.01. The van der Waals surface area contributed by atoms with E-state index in [9.17, 15) is 0 Å². The lowest BCUT2D eigenvalue weighted by atomic mass is 9.90. The van der Waals surface area contributed by atoms with Crippen LogP contribution in [0, 0.1) is 12.3 Å². The summed E-state index contributed by atoms with van der Waals surface area (Å²) in [4.78, 5) is 2.50. The largest absolute Gasteiger partial charge is 0.398 e. The maximum absolute atomic E-state index is 6.03. The molecule has 100 valence electrons. The van der Waals surface area contributed by atoms with Crippen molar-refractivity contribution in [3.8, 4) is 0 Å². The first kappa shape index (κ1) is 13.3. The average Bonchev–Trinajstić information content (AvgIpc) is 2.60. The summed E-state index contributed by atoms with van der Waals surface area (Å²) in [7, 11) is 0. The maximum Gasteiger partial charge on any atom is 0.0420 e. The molecule has 1 aliphatic rings. The van der Waals surface area contributed by atoms with Crippen LogP contribution in [0.1, 0.15) is 44.7 Å². The number of nitrogen functional groups attached to an aromatic ring is 1. The van der Waals surface area contributed by atoms with E-state index in [-0.39, 0.29) is 0 Å². The molecule has 0 spiro atoms. The molecule has 1 heterocycles. The molecule has 2 rings (SSSR count). The van der Waals surface area contributed by atoms with Gasteiger partial charge in [-0.1, -0.05) is 26.8 Å². The van der Waals surface area contributed by atoms with E-state index >= 15 is 0 Å². The Hall–Kier alpha value is -1.18. The Morgan fingerprint density at radius 2 is 2.00 bits per heavy atom. The number of benzene rings is 1. The minimum atomic E-state index is 0.439. The fourth-order valence-corrected chi connectivity index (χ4v) is 2.68. The highest BCUT2D eigenvalue weighted by Crippen LogP contribution is 2.32. The molecule has 0 fully saturated rings. The SMILES string of the molecule is Cc1cc2c(cc1N)N(CCCC(C)(C)C)CC2. The van der Waals surface area contributed by atoms with Crippen LogP contribution in [0.15, 0.2) is 12.1 Å². The van der Waals surface area contributed by atoms with Gasteiger partial charge in [-0.05, 0) is 48.8 Å². The van der Waals surface area contributed by atoms with E-state index in [1.165, 1.54) is 36.1 Å². The molecule has 1 aromatic rings. The Labute approximate surface area is 111 Å². The fourth-order valence-electron chi connectivity index (χ4n) is 2.68. The molecular formula is C16H26N2. The molecule has 2 N–H and O–H groups in total. The van der Waals surface area contributed by atoms with E-state index in [1.807, 2.05) is 0 Å². The maximum atomic E-state index is 6.03. The Kier molecular flexibility index (Phi) is 3.56. The lowest BCUT2D eigenvalue weighted by Crippen LogP contribution is -2.23. The van der Waals surface area contributed by atoms with Gasteiger partial charge < -0.3 is 10.6 Å². The van der Waals surface area contributed by atoms with Gasteiger partial charge in [0.25, 0.3) is 0 Å². The first-order valence-electron chi connectivity index (χ1n) is 7.01. The Bertz CT molecular complexity index is 429. The summed E-state index contributed by atoms with van der Waals surface area (Å²) in [6, 6.07) is 4.42. The fraction of sp³-hybridized carbons (Fsp3) is 0.625. The number of nitrogens with zero attached hydrogens (tertiary/aromatic N) is 1. The second-order valence-electron chi connectivity index (χ2n) is 6.74. The third kappa shape index (κ3) is 2.98. The van der Waals surface area contributed by atoms with Gasteiger partial charge in [0.1, 0.15) is 0 Å². The number of hydrogen-bond acceptors (Lipinski definition) is 2. The van der Waals surface area contributed by atoms with Gasteiger partial charge in [-0.3, -0.25) is 0 Å². The number of rotatable bonds is 3. The van der Waals surface area contributed by atoms with Gasteiger partial charge in [0.05, 0.1) is 0 Å². The van der Waals surface area contributed by atoms with Gasteiger partial charge in [-0.2, -0.15) is 0 Å². The molecule has 1 aliphatic heterocycles. The van der Waals surface area contributed by atoms with Gasteiger partial charge in [0, 0.05) is 24.5 Å². The van der Waals surface area contributed by atoms with Crippen LogP contribution in [0.3, 0.4) is 0 Å². The predicted octanol–water partition coefficient (Wildman–Crippen LogP) is 3.77. The van der Waals surface area contributed by atoms with Crippen molar-refractivity contribution in [3.05, 3.63) is 23.3 Å². The molecule has 0 saturated heterocycles. The highest BCUT2D eigenvalue weighted by Gasteiger charge is 2.20. The van der Waals surface area contributed by atoms with E-state index in [0.717, 1.165) is 18.8 Å². The van der Waals surface area contributed by atoms with E-state index < -0.39 is 0 Å². The molecule has 0 radical (unpaired) electrons. The van der Waals surface area contributed by atoms with Gasteiger partial charge in [0.2, 0.25) is 0 Å². The van der Waals surface area contributed by atoms with Gasteiger partial charge in [-0.15, -0.1) is 0 Å². The zero-order chi connectivity index (χ0) is 13.3. The second-order valence-corrected chi connectivity index (χ2v) is 6.74. The number of nitrogens with two attached hydrogens (primary N) is 1.